The van der Waals surface area contributed by atoms with Gasteiger partial charge in [0.15, 0.2) is 11.6 Å². The minimum Gasteiger partial charge on any atom is -0.351 e. The molecule has 1 N–H and O–H groups in total. The van der Waals surface area contributed by atoms with Crippen LogP contribution in [0.2, 0.25) is 0 Å². The summed E-state index contributed by atoms with van der Waals surface area (Å²) in [4.78, 5) is 31.9. The van der Waals surface area contributed by atoms with Crippen molar-refractivity contribution in [2.45, 2.75) is 45.8 Å². The lowest BCUT2D eigenvalue weighted by Gasteiger charge is -2.29. The Kier molecular flexibility index (Phi) is 4.15. The Labute approximate surface area is 168 Å². The van der Waals surface area contributed by atoms with E-state index < -0.39 is 0 Å². The number of carbonyl (C=O) groups excluding carboxylic acids is 2. The van der Waals surface area contributed by atoms with Gasteiger partial charge in [0.05, 0.1) is 12.6 Å². The van der Waals surface area contributed by atoms with E-state index in [2.05, 4.69) is 19.7 Å². The van der Waals surface area contributed by atoms with Crippen molar-refractivity contribution in [3.63, 3.8) is 0 Å². The second kappa shape index (κ2) is 6.72. The van der Waals surface area contributed by atoms with E-state index >= 15 is 0 Å². The van der Waals surface area contributed by atoms with E-state index in [1.54, 1.807) is 6.92 Å². The summed E-state index contributed by atoms with van der Waals surface area (Å²) in [5, 5.41) is 9.82. The third kappa shape index (κ3) is 2.90. The lowest BCUT2D eigenvalue weighted by atomic mass is 10.1. The Morgan fingerprint density at radius 1 is 1.17 bits per heavy atom. The number of fused-ring (bicyclic) bond motifs is 2. The van der Waals surface area contributed by atoms with Gasteiger partial charge in [-0.1, -0.05) is 12.1 Å². The van der Waals surface area contributed by atoms with Crippen molar-refractivity contribution in [2.24, 2.45) is 0 Å². The van der Waals surface area contributed by atoms with Crippen LogP contribution in [-0.2, 0) is 17.9 Å². The molecular formula is C21H24N6O2. The standard InChI is InChI=1S/C21H24N6O2/c1-13-5-3-6-16-15(13)11-17(22-16)21(29)25-9-10-27-19(12-25)23-24-20(27)18-7-4-8-26(18)14(2)28/h3,5-6,11,18,22H,4,7-10,12H2,1-2H3. The van der Waals surface area contributed by atoms with Crippen LogP contribution >= 0.6 is 0 Å². The van der Waals surface area contributed by atoms with E-state index in [1.807, 2.05) is 41.0 Å². The summed E-state index contributed by atoms with van der Waals surface area (Å²) < 4.78 is 2.09. The number of hydrogen-bond donors (Lipinski definition) is 1. The van der Waals surface area contributed by atoms with Gasteiger partial charge in [0, 0.05) is 37.5 Å². The molecule has 2 amide bonds. The van der Waals surface area contributed by atoms with E-state index in [4.69, 9.17) is 0 Å². The fourth-order valence-electron chi connectivity index (χ4n) is 4.60. The first-order valence-corrected chi connectivity index (χ1v) is 10.1. The first-order chi connectivity index (χ1) is 14.0. The molecule has 2 aromatic heterocycles. The van der Waals surface area contributed by atoms with Gasteiger partial charge < -0.3 is 19.4 Å². The van der Waals surface area contributed by atoms with E-state index in [-0.39, 0.29) is 17.9 Å². The number of amides is 2. The summed E-state index contributed by atoms with van der Waals surface area (Å²) in [5.41, 5.74) is 2.72. The molecule has 5 rings (SSSR count). The molecule has 1 atom stereocenters. The summed E-state index contributed by atoms with van der Waals surface area (Å²) in [6.07, 6.45) is 1.89. The number of carbonyl (C=O) groups is 2. The SMILES string of the molecule is CC(=O)N1CCCC1c1nnc2n1CCN(C(=O)c1cc3c(C)cccc3[nH]1)C2. The predicted octanol–water partition coefficient (Wildman–Crippen LogP) is 2.41. The molecule has 2 aliphatic heterocycles. The monoisotopic (exact) mass is 392 g/mol. The normalized spacial score (nSPS) is 19.0. The average Bonchev–Trinajstić information content (AvgIpc) is 3.44. The Balaban J connectivity index is 1.39. The van der Waals surface area contributed by atoms with Crippen molar-refractivity contribution in [3.05, 3.63) is 47.2 Å². The Morgan fingerprint density at radius 2 is 2.03 bits per heavy atom. The summed E-state index contributed by atoms with van der Waals surface area (Å²) in [6.45, 7) is 6.08. The number of aryl methyl sites for hydroxylation is 1. The highest BCUT2D eigenvalue weighted by Gasteiger charge is 2.34. The zero-order chi connectivity index (χ0) is 20.1. The number of nitrogens with one attached hydrogen (secondary N) is 1. The minimum absolute atomic E-state index is 0.00678. The smallest absolute Gasteiger partial charge is 0.270 e. The molecule has 0 spiro atoms. The predicted molar refractivity (Wildman–Crippen MR) is 107 cm³/mol. The van der Waals surface area contributed by atoms with Gasteiger partial charge in [-0.05, 0) is 37.5 Å². The Morgan fingerprint density at radius 3 is 2.83 bits per heavy atom. The lowest BCUT2D eigenvalue weighted by molar-refractivity contribution is -0.129. The number of likely N-dealkylation sites (tertiary alicyclic amines) is 1. The van der Waals surface area contributed by atoms with Gasteiger partial charge in [-0.3, -0.25) is 9.59 Å². The van der Waals surface area contributed by atoms with Crippen LogP contribution in [0.1, 0.15) is 53.5 Å². The molecule has 0 radical (unpaired) electrons. The van der Waals surface area contributed by atoms with Gasteiger partial charge in [0.2, 0.25) is 5.91 Å². The summed E-state index contributed by atoms with van der Waals surface area (Å²) in [7, 11) is 0. The number of H-pyrrole nitrogens is 1. The third-order valence-corrected chi connectivity index (χ3v) is 6.14. The fraction of sp³-hybridized carbons (Fsp3) is 0.429. The number of rotatable bonds is 2. The number of aromatic nitrogens is 4. The molecule has 1 fully saturated rings. The van der Waals surface area contributed by atoms with Gasteiger partial charge in [0.25, 0.3) is 5.91 Å². The van der Waals surface area contributed by atoms with Crippen LogP contribution < -0.4 is 0 Å². The van der Waals surface area contributed by atoms with Crippen LogP contribution in [0, 0.1) is 6.92 Å². The Bertz CT molecular complexity index is 1110. The molecule has 1 aromatic carbocycles. The highest BCUT2D eigenvalue weighted by atomic mass is 16.2. The first-order valence-electron chi connectivity index (χ1n) is 10.1. The number of hydrogen-bond acceptors (Lipinski definition) is 4. The van der Waals surface area contributed by atoms with Gasteiger partial charge in [-0.2, -0.15) is 0 Å². The zero-order valence-corrected chi connectivity index (χ0v) is 16.7. The number of aromatic amines is 1. The van der Waals surface area contributed by atoms with Crippen molar-refractivity contribution < 1.29 is 9.59 Å². The molecule has 3 aromatic rings. The summed E-state index contributed by atoms with van der Waals surface area (Å²) >= 11 is 0. The van der Waals surface area contributed by atoms with E-state index in [9.17, 15) is 9.59 Å². The topological polar surface area (TPSA) is 87.1 Å². The average molecular weight is 392 g/mol. The fourth-order valence-corrected chi connectivity index (χ4v) is 4.60. The molecule has 8 heteroatoms. The van der Waals surface area contributed by atoms with Gasteiger partial charge in [-0.25, -0.2) is 0 Å². The molecule has 1 saturated heterocycles. The molecule has 8 nitrogen and oxygen atoms in total. The van der Waals surface area contributed by atoms with E-state index in [0.717, 1.165) is 47.5 Å². The third-order valence-electron chi connectivity index (χ3n) is 6.14. The minimum atomic E-state index is -0.0253. The van der Waals surface area contributed by atoms with Crippen LogP contribution in [0.3, 0.4) is 0 Å². The molecule has 1 unspecified atom stereocenters. The maximum absolute atomic E-state index is 13.1. The van der Waals surface area contributed by atoms with Gasteiger partial charge in [-0.15, -0.1) is 10.2 Å². The summed E-state index contributed by atoms with van der Waals surface area (Å²) in [6, 6.07) is 7.94. The van der Waals surface area contributed by atoms with E-state index in [1.165, 1.54) is 0 Å². The maximum Gasteiger partial charge on any atom is 0.270 e. The molecule has 0 saturated carbocycles. The number of nitrogens with zero attached hydrogens (tertiary/aromatic N) is 5. The van der Waals surface area contributed by atoms with Crippen molar-refractivity contribution in [1.29, 1.82) is 0 Å². The van der Waals surface area contributed by atoms with Crippen LogP contribution in [0.25, 0.3) is 10.9 Å². The Hall–Kier alpha value is -3.16. The molecular weight excluding hydrogens is 368 g/mol. The molecule has 150 valence electrons. The highest BCUT2D eigenvalue weighted by molar-refractivity contribution is 5.98. The van der Waals surface area contributed by atoms with Crippen molar-refractivity contribution in [3.8, 4) is 0 Å². The molecule has 4 heterocycles. The second-order valence-corrected chi connectivity index (χ2v) is 7.94. The van der Waals surface area contributed by atoms with E-state index in [0.29, 0.717) is 25.3 Å². The largest absolute Gasteiger partial charge is 0.351 e. The van der Waals surface area contributed by atoms with Crippen LogP contribution in [0.5, 0.6) is 0 Å². The zero-order valence-electron chi connectivity index (χ0n) is 16.7. The summed E-state index contributed by atoms with van der Waals surface area (Å²) in [5.74, 6) is 1.68. The van der Waals surface area contributed by atoms with Crippen LogP contribution in [-0.4, -0.2) is 54.5 Å². The van der Waals surface area contributed by atoms with Crippen molar-refractivity contribution in [2.75, 3.05) is 13.1 Å². The molecule has 0 bridgehead atoms. The van der Waals surface area contributed by atoms with Gasteiger partial charge >= 0.3 is 0 Å². The lowest BCUT2D eigenvalue weighted by Crippen LogP contribution is -2.39. The van der Waals surface area contributed by atoms with Gasteiger partial charge in [0.1, 0.15) is 5.69 Å². The van der Waals surface area contributed by atoms with Crippen LogP contribution in [0.15, 0.2) is 24.3 Å². The first kappa shape index (κ1) is 17.9. The molecule has 0 aliphatic carbocycles. The highest BCUT2D eigenvalue weighted by Crippen LogP contribution is 2.32. The quantitative estimate of drug-likeness (QED) is 0.726. The second-order valence-electron chi connectivity index (χ2n) is 7.94. The molecule has 29 heavy (non-hydrogen) atoms. The molecule has 2 aliphatic rings. The maximum atomic E-state index is 13.1. The van der Waals surface area contributed by atoms with Crippen molar-refractivity contribution in [1.82, 2.24) is 29.5 Å². The van der Waals surface area contributed by atoms with Crippen LogP contribution in [0.4, 0.5) is 0 Å². The van der Waals surface area contributed by atoms with Crippen molar-refractivity contribution >= 4 is 22.7 Å². The number of benzene rings is 1.